The molecule has 39 heavy (non-hydrogen) atoms. The number of carbonyl (C=O) groups excluding carboxylic acids is 1. The molecular weight excluding hydrogens is 492 g/mol. The monoisotopic (exact) mass is 520 g/mol. The summed E-state index contributed by atoms with van der Waals surface area (Å²) in [7, 11) is 5.24. The third-order valence-corrected chi connectivity index (χ3v) is 6.56. The van der Waals surface area contributed by atoms with E-state index in [9.17, 15) is 4.79 Å². The van der Waals surface area contributed by atoms with E-state index < -0.39 is 0 Å². The Balaban J connectivity index is 1.66. The number of amides is 1. The van der Waals surface area contributed by atoms with Gasteiger partial charge in [-0.2, -0.15) is 0 Å². The van der Waals surface area contributed by atoms with Crippen LogP contribution in [0.25, 0.3) is 33.4 Å². The van der Waals surface area contributed by atoms with Crippen molar-refractivity contribution in [3.63, 3.8) is 0 Å². The average Bonchev–Trinajstić information content (AvgIpc) is 3.25. The van der Waals surface area contributed by atoms with Gasteiger partial charge in [0.2, 0.25) is 11.8 Å². The highest BCUT2D eigenvalue weighted by Crippen LogP contribution is 2.44. The summed E-state index contributed by atoms with van der Waals surface area (Å²) < 4.78 is 13.7. The molecule has 3 aromatic heterocycles. The topological polar surface area (TPSA) is 108 Å². The molecule has 0 aliphatic heterocycles. The van der Waals surface area contributed by atoms with Crippen LogP contribution in [-0.4, -0.2) is 39.6 Å². The SMILES string of the molecule is C=CC(=O)N(C)c1ccc(-c2c(-c3ccc(Oc4cccc(C)n4)c(OC)c3)c3c(N)ncnc3n2C)cc1. The fourth-order valence-corrected chi connectivity index (χ4v) is 4.60. The predicted molar refractivity (Wildman–Crippen MR) is 153 cm³/mol. The Kier molecular flexibility index (Phi) is 6.72. The molecule has 0 saturated carbocycles. The Morgan fingerprint density at radius 2 is 1.79 bits per heavy atom. The van der Waals surface area contributed by atoms with Gasteiger partial charge in [0.1, 0.15) is 17.8 Å². The summed E-state index contributed by atoms with van der Waals surface area (Å²) in [5.41, 5.74) is 12.2. The van der Waals surface area contributed by atoms with E-state index in [1.807, 2.05) is 73.1 Å². The quantitative estimate of drug-likeness (QED) is 0.281. The molecule has 0 saturated heterocycles. The number of nitrogens with zero attached hydrogens (tertiary/aromatic N) is 5. The van der Waals surface area contributed by atoms with Crippen LogP contribution in [0.4, 0.5) is 11.5 Å². The van der Waals surface area contributed by atoms with Crippen LogP contribution < -0.4 is 20.1 Å². The second-order valence-electron chi connectivity index (χ2n) is 8.97. The maximum absolute atomic E-state index is 12.1. The number of aromatic nitrogens is 4. The summed E-state index contributed by atoms with van der Waals surface area (Å²) in [6, 6.07) is 19.0. The number of anilines is 2. The van der Waals surface area contributed by atoms with Crippen molar-refractivity contribution in [3.05, 3.63) is 85.3 Å². The lowest BCUT2D eigenvalue weighted by Crippen LogP contribution is -2.23. The third-order valence-electron chi connectivity index (χ3n) is 6.56. The normalized spacial score (nSPS) is 10.9. The number of carbonyl (C=O) groups is 1. The summed E-state index contributed by atoms with van der Waals surface area (Å²) in [6.45, 7) is 5.47. The number of nitrogens with two attached hydrogens (primary N) is 1. The number of rotatable bonds is 7. The minimum absolute atomic E-state index is 0.189. The molecule has 0 fully saturated rings. The molecular formula is C30H28N6O3. The number of nitrogen functional groups attached to an aromatic ring is 1. The zero-order valence-electron chi connectivity index (χ0n) is 22.2. The minimum Gasteiger partial charge on any atom is -0.493 e. The van der Waals surface area contributed by atoms with Crippen LogP contribution in [-0.2, 0) is 11.8 Å². The van der Waals surface area contributed by atoms with E-state index in [0.717, 1.165) is 39.2 Å². The summed E-state index contributed by atoms with van der Waals surface area (Å²) in [5, 5.41) is 0.731. The number of fused-ring (bicyclic) bond motifs is 1. The molecule has 9 heteroatoms. The summed E-state index contributed by atoms with van der Waals surface area (Å²) in [6.07, 6.45) is 2.74. The van der Waals surface area contributed by atoms with E-state index in [1.165, 1.54) is 17.3 Å². The molecule has 0 spiro atoms. The predicted octanol–water partition coefficient (Wildman–Crippen LogP) is 5.54. The summed E-state index contributed by atoms with van der Waals surface area (Å²) in [5.74, 6) is 1.72. The maximum atomic E-state index is 12.1. The van der Waals surface area contributed by atoms with Crippen LogP contribution >= 0.6 is 0 Å². The fourth-order valence-electron chi connectivity index (χ4n) is 4.60. The number of aryl methyl sites for hydroxylation is 2. The Morgan fingerprint density at radius 1 is 1.05 bits per heavy atom. The molecule has 9 nitrogen and oxygen atoms in total. The average molecular weight is 521 g/mol. The molecule has 1 amide bonds. The van der Waals surface area contributed by atoms with E-state index in [-0.39, 0.29) is 5.91 Å². The van der Waals surface area contributed by atoms with E-state index in [4.69, 9.17) is 15.2 Å². The molecule has 0 radical (unpaired) electrons. The van der Waals surface area contributed by atoms with Crippen LogP contribution in [0, 0.1) is 6.92 Å². The van der Waals surface area contributed by atoms with Gasteiger partial charge in [-0.1, -0.05) is 30.8 Å². The number of benzene rings is 2. The first-order valence-corrected chi connectivity index (χ1v) is 12.2. The molecule has 196 valence electrons. The Hall–Kier alpha value is -5.18. The Labute approximate surface area is 226 Å². The second-order valence-corrected chi connectivity index (χ2v) is 8.97. The molecule has 5 aromatic rings. The standard InChI is InChI=1S/C30H28N6O3/c1-6-25(37)35(3)21-13-10-19(11-14-21)28-26(27-29(31)32-17-33-30(27)36(28)4)20-12-15-22(23(16-20)38-5)39-24-9-7-8-18(2)34-24/h6-17H,1H2,2-5H3,(H2,31,32,33). The van der Waals surface area contributed by atoms with Crippen molar-refractivity contribution in [1.29, 1.82) is 0 Å². The van der Waals surface area contributed by atoms with E-state index in [0.29, 0.717) is 28.8 Å². The number of likely N-dealkylation sites (N-methyl/N-ethyl adjacent to an activating group) is 1. The molecule has 2 aromatic carbocycles. The number of hydrogen-bond acceptors (Lipinski definition) is 7. The molecule has 0 atom stereocenters. The van der Waals surface area contributed by atoms with Gasteiger partial charge >= 0.3 is 0 Å². The zero-order valence-corrected chi connectivity index (χ0v) is 22.2. The van der Waals surface area contributed by atoms with Crippen molar-refractivity contribution < 1.29 is 14.3 Å². The largest absolute Gasteiger partial charge is 0.493 e. The van der Waals surface area contributed by atoms with Gasteiger partial charge in [0, 0.05) is 37.1 Å². The van der Waals surface area contributed by atoms with Gasteiger partial charge in [-0.15, -0.1) is 0 Å². The van der Waals surface area contributed by atoms with Gasteiger partial charge in [0.15, 0.2) is 11.5 Å². The second kappa shape index (κ2) is 10.3. The smallest absolute Gasteiger partial charge is 0.250 e. The van der Waals surface area contributed by atoms with Gasteiger partial charge < -0.3 is 24.7 Å². The van der Waals surface area contributed by atoms with Crippen molar-refractivity contribution in [1.82, 2.24) is 19.5 Å². The van der Waals surface area contributed by atoms with Crippen LogP contribution in [0.15, 0.2) is 79.6 Å². The molecule has 0 bridgehead atoms. The number of methoxy groups -OCH3 is 1. The highest BCUT2D eigenvalue weighted by molar-refractivity contribution is 6.08. The third kappa shape index (κ3) is 4.66. The summed E-state index contributed by atoms with van der Waals surface area (Å²) >= 11 is 0. The number of ether oxygens (including phenoxy) is 2. The lowest BCUT2D eigenvalue weighted by atomic mass is 9.98. The molecule has 0 unspecified atom stereocenters. The van der Waals surface area contributed by atoms with Gasteiger partial charge in [0.25, 0.3) is 0 Å². The van der Waals surface area contributed by atoms with E-state index in [2.05, 4.69) is 21.5 Å². The van der Waals surface area contributed by atoms with Crippen molar-refractivity contribution in [2.45, 2.75) is 6.92 Å². The van der Waals surface area contributed by atoms with Gasteiger partial charge in [0.05, 0.1) is 18.2 Å². The van der Waals surface area contributed by atoms with Crippen LogP contribution in [0.2, 0.25) is 0 Å². The van der Waals surface area contributed by atoms with Crippen LogP contribution in [0.3, 0.4) is 0 Å². The van der Waals surface area contributed by atoms with Crippen LogP contribution in [0.5, 0.6) is 17.4 Å². The Bertz CT molecular complexity index is 1710. The lowest BCUT2D eigenvalue weighted by molar-refractivity contribution is -0.113. The summed E-state index contributed by atoms with van der Waals surface area (Å²) in [4.78, 5) is 26.8. The molecule has 2 N–H and O–H groups in total. The van der Waals surface area contributed by atoms with Gasteiger partial charge in [-0.25, -0.2) is 15.0 Å². The van der Waals surface area contributed by atoms with Crippen molar-refractivity contribution in [3.8, 4) is 39.8 Å². The highest BCUT2D eigenvalue weighted by Gasteiger charge is 2.23. The molecule has 3 heterocycles. The van der Waals surface area contributed by atoms with Gasteiger partial charge in [-0.05, 0) is 54.5 Å². The van der Waals surface area contributed by atoms with Crippen molar-refractivity contribution >= 4 is 28.4 Å². The zero-order chi connectivity index (χ0) is 27.7. The first-order valence-electron chi connectivity index (χ1n) is 12.2. The van der Waals surface area contributed by atoms with E-state index >= 15 is 0 Å². The van der Waals surface area contributed by atoms with E-state index in [1.54, 1.807) is 20.2 Å². The Morgan fingerprint density at radius 3 is 2.49 bits per heavy atom. The van der Waals surface area contributed by atoms with Gasteiger partial charge in [-0.3, -0.25) is 4.79 Å². The molecule has 0 aliphatic rings. The molecule has 5 rings (SSSR count). The first kappa shape index (κ1) is 25.5. The van der Waals surface area contributed by atoms with Crippen molar-refractivity contribution in [2.24, 2.45) is 7.05 Å². The number of hydrogen-bond donors (Lipinski definition) is 1. The van der Waals surface area contributed by atoms with Crippen LogP contribution in [0.1, 0.15) is 5.69 Å². The first-order chi connectivity index (χ1) is 18.8. The number of pyridine rings is 1. The fraction of sp³-hybridized carbons (Fsp3) is 0.133. The van der Waals surface area contributed by atoms with Crippen molar-refractivity contribution in [2.75, 3.05) is 24.8 Å². The lowest BCUT2D eigenvalue weighted by Gasteiger charge is -2.16. The highest BCUT2D eigenvalue weighted by atomic mass is 16.5. The maximum Gasteiger partial charge on any atom is 0.250 e. The molecule has 0 aliphatic carbocycles. The minimum atomic E-state index is -0.189.